The van der Waals surface area contributed by atoms with Crippen LogP contribution in [0.15, 0.2) is 29.0 Å². The van der Waals surface area contributed by atoms with Crippen LogP contribution in [0.3, 0.4) is 0 Å². The van der Waals surface area contributed by atoms with E-state index in [4.69, 9.17) is 9.63 Å². The maximum atomic E-state index is 10.5. The summed E-state index contributed by atoms with van der Waals surface area (Å²) in [6.07, 6.45) is 3.69. The van der Waals surface area contributed by atoms with E-state index >= 15 is 0 Å². The number of aromatic carboxylic acids is 1. The van der Waals surface area contributed by atoms with Crippen LogP contribution < -0.4 is 0 Å². The van der Waals surface area contributed by atoms with E-state index in [1.165, 1.54) is 0 Å². The van der Waals surface area contributed by atoms with E-state index in [9.17, 15) is 4.79 Å². The van der Waals surface area contributed by atoms with Crippen molar-refractivity contribution in [2.45, 2.75) is 6.42 Å². The fourth-order valence-corrected chi connectivity index (χ4v) is 1.09. The molecule has 2 rings (SSSR count). The number of hydrogen-bond acceptors (Lipinski definition) is 5. The summed E-state index contributed by atoms with van der Waals surface area (Å²) >= 11 is 0. The average Bonchev–Trinajstić information content (AvgIpc) is 2.68. The second-order valence-electron chi connectivity index (χ2n) is 2.85. The zero-order chi connectivity index (χ0) is 10.7. The van der Waals surface area contributed by atoms with Gasteiger partial charge in [-0.15, -0.1) is 0 Å². The SMILES string of the molecule is O=C(O)c1noc(Cc2ccncc2)n1. The normalized spacial score (nSPS) is 10.1. The summed E-state index contributed by atoms with van der Waals surface area (Å²) in [5, 5.41) is 11.9. The van der Waals surface area contributed by atoms with Crippen LogP contribution in [0.25, 0.3) is 0 Å². The Morgan fingerprint density at radius 2 is 2.13 bits per heavy atom. The van der Waals surface area contributed by atoms with Crippen molar-refractivity contribution in [1.82, 2.24) is 15.1 Å². The highest BCUT2D eigenvalue weighted by molar-refractivity contribution is 5.82. The molecule has 0 spiro atoms. The van der Waals surface area contributed by atoms with E-state index < -0.39 is 5.97 Å². The first-order valence-electron chi connectivity index (χ1n) is 4.20. The second-order valence-corrected chi connectivity index (χ2v) is 2.85. The van der Waals surface area contributed by atoms with Crippen LogP contribution in [-0.2, 0) is 6.42 Å². The molecule has 0 saturated carbocycles. The number of rotatable bonds is 3. The molecule has 0 aliphatic carbocycles. The predicted molar refractivity (Wildman–Crippen MR) is 48.3 cm³/mol. The number of carboxylic acid groups (broad SMARTS) is 1. The van der Waals surface area contributed by atoms with Crippen LogP contribution in [0.1, 0.15) is 22.1 Å². The summed E-state index contributed by atoms with van der Waals surface area (Å²) in [7, 11) is 0. The molecule has 0 fully saturated rings. The molecule has 0 bridgehead atoms. The fourth-order valence-electron chi connectivity index (χ4n) is 1.09. The first-order chi connectivity index (χ1) is 7.25. The third kappa shape index (κ3) is 2.16. The van der Waals surface area contributed by atoms with Gasteiger partial charge in [-0.05, 0) is 22.9 Å². The number of hydrogen-bond donors (Lipinski definition) is 1. The molecule has 0 saturated heterocycles. The van der Waals surface area contributed by atoms with Gasteiger partial charge in [0.25, 0.3) is 5.82 Å². The highest BCUT2D eigenvalue weighted by atomic mass is 16.5. The fraction of sp³-hybridized carbons (Fsp3) is 0.111. The Kier molecular flexibility index (Phi) is 2.40. The first-order valence-corrected chi connectivity index (χ1v) is 4.20. The molecule has 0 radical (unpaired) electrons. The predicted octanol–water partition coefficient (Wildman–Crippen LogP) is 0.754. The Morgan fingerprint density at radius 1 is 1.40 bits per heavy atom. The number of nitrogens with zero attached hydrogens (tertiary/aromatic N) is 3. The van der Waals surface area contributed by atoms with Gasteiger partial charge in [0.05, 0.1) is 6.42 Å². The van der Waals surface area contributed by atoms with E-state index in [1.54, 1.807) is 24.5 Å². The molecule has 76 valence electrons. The number of carboxylic acids is 1. The number of pyridine rings is 1. The van der Waals surface area contributed by atoms with Gasteiger partial charge in [0.2, 0.25) is 5.89 Å². The van der Waals surface area contributed by atoms with Gasteiger partial charge in [-0.3, -0.25) is 4.98 Å². The summed E-state index contributed by atoms with van der Waals surface area (Å²) < 4.78 is 4.77. The van der Waals surface area contributed by atoms with Gasteiger partial charge in [-0.2, -0.15) is 4.98 Å². The lowest BCUT2D eigenvalue weighted by Gasteiger charge is -1.93. The Hall–Kier alpha value is -2.24. The zero-order valence-electron chi connectivity index (χ0n) is 7.62. The maximum absolute atomic E-state index is 10.5. The van der Waals surface area contributed by atoms with Crippen LogP contribution in [0.2, 0.25) is 0 Å². The zero-order valence-corrected chi connectivity index (χ0v) is 7.62. The van der Waals surface area contributed by atoms with Crippen molar-refractivity contribution in [1.29, 1.82) is 0 Å². The quantitative estimate of drug-likeness (QED) is 0.795. The molecule has 6 heteroatoms. The minimum absolute atomic E-state index is 0.276. The van der Waals surface area contributed by atoms with Gasteiger partial charge in [0.15, 0.2) is 0 Å². The van der Waals surface area contributed by atoms with Crippen LogP contribution in [0.5, 0.6) is 0 Å². The lowest BCUT2D eigenvalue weighted by molar-refractivity contribution is 0.0680. The number of aromatic nitrogens is 3. The Bertz CT molecular complexity index is 466. The van der Waals surface area contributed by atoms with Crippen molar-refractivity contribution in [2.75, 3.05) is 0 Å². The molecule has 2 aromatic rings. The largest absolute Gasteiger partial charge is 0.475 e. The third-order valence-corrected chi connectivity index (χ3v) is 1.76. The summed E-state index contributed by atoms with van der Waals surface area (Å²) in [5.41, 5.74) is 0.936. The molecular formula is C9H7N3O3. The Labute approximate surface area is 84.6 Å². The molecule has 2 heterocycles. The molecule has 15 heavy (non-hydrogen) atoms. The third-order valence-electron chi connectivity index (χ3n) is 1.76. The van der Waals surface area contributed by atoms with Crippen molar-refractivity contribution >= 4 is 5.97 Å². The van der Waals surface area contributed by atoms with Crippen molar-refractivity contribution in [3.63, 3.8) is 0 Å². The topological polar surface area (TPSA) is 89.1 Å². The highest BCUT2D eigenvalue weighted by Crippen LogP contribution is 2.06. The van der Waals surface area contributed by atoms with Crippen molar-refractivity contribution in [3.05, 3.63) is 41.8 Å². The van der Waals surface area contributed by atoms with E-state index in [1.807, 2.05) is 0 Å². The molecule has 0 amide bonds. The van der Waals surface area contributed by atoms with Crippen LogP contribution in [0, 0.1) is 0 Å². The van der Waals surface area contributed by atoms with Crippen molar-refractivity contribution in [2.24, 2.45) is 0 Å². The van der Waals surface area contributed by atoms with Gasteiger partial charge >= 0.3 is 5.97 Å². The van der Waals surface area contributed by atoms with Gasteiger partial charge in [-0.25, -0.2) is 4.79 Å². The molecule has 6 nitrogen and oxygen atoms in total. The van der Waals surface area contributed by atoms with E-state index in [0.717, 1.165) is 5.56 Å². The van der Waals surface area contributed by atoms with Gasteiger partial charge in [0, 0.05) is 12.4 Å². The molecule has 2 aromatic heterocycles. The highest BCUT2D eigenvalue weighted by Gasteiger charge is 2.12. The molecule has 0 aliphatic heterocycles. The Balaban J connectivity index is 2.15. The van der Waals surface area contributed by atoms with Gasteiger partial charge in [-0.1, -0.05) is 0 Å². The second kappa shape index (κ2) is 3.87. The van der Waals surface area contributed by atoms with Crippen LogP contribution >= 0.6 is 0 Å². The van der Waals surface area contributed by atoms with E-state index in [0.29, 0.717) is 6.42 Å². The van der Waals surface area contributed by atoms with Crippen molar-refractivity contribution < 1.29 is 14.4 Å². The van der Waals surface area contributed by atoms with Gasteiger partial charge in [0.1, 0.15) is 0 Å². The summed E-state index contributed by atoms with van der Waals surface area (Å²) in [5.74, 6) is -1.24. The smallest absolute Gasteiger partial charge is 0.377 e. The van der Waals surface area contributed by atoms with Crippen LogP contribution in [-0.4, -0.2) is 26.2 Å². The van der Waals surface area contributed by atoms with Gasteiger partial charge < -0.3 is 9.63 Å². The summed E-state index contributed by atoms with van der Waals surface area (Å²) in [6, 6.07) is 3.59. The molecule has 0 aliphatic rings. The average molecular weight is 205 g/mol. The monoisotopic (exact) mass is 205 g/mol. The molecule has 0 unspecified atom stereocenters. The summed E-state index contributed by atoms with van der Waals surface area (Å²) in [4.78, 5) is 18.0. The molecule has 1 N–H and O–H groups in total. The maximum Gasteiger partial charge on any atom is 0.377 e. The van der Waals surface area contributed by atoms with Crippen molar-refractivity contribution in [3.8, 4) is 0 Å². The minimum Gasteiger partial charge on any atom is -0.475 e. The van der Waals surface area contributed by atoms with E-state index in [2.05, 4.69) is 15.1 Å². The lowest BCUT2D eigenvalue weighted by atomic mass is 10.2. The standard InChI is InChI=1S/C9H7N3O3/c13-9(14)8-11-7(15-12-8)5-6-1-3-10-4-2-6/h1-4H,5H2,(H,13,14). The molecular weight excluding hydrogens is 198 g/mol. The first kappa shape index (κ1) is 9.32. The number of carbonyl (C=O) groups is 1. The molecule has 0 aromatic carbocycles. The van der Waals surface area contributed by atoms with Crippen LogP contribution in [0.4, 0.5) is 0 Å². The van der Waals surface area contributed by atoms with E-state index in [-0.39, 0.29) is 11.7 Å². The summed E-state index contributed by atoms with van der Waals surface area (Å²) in [6.45, 7) is 0. The minimum atomic E-state index is -1.19. The molecule has 0 atom stereocenters. The Morgan fingerprint density at radius 3 is 2.73 bits per heavy atom. The lowest BCUT2D eigenvalue weighted by Crippen LogP contribution is -1.99.